The summed E-state index contributed by atoms with van der Waals surface area (Å²) >= 11 is 0. The minimum atomic E-state index is -0.582. The van der Waals surface area contributed by atoms with Crippen molar-refractivity contribution in [1.29, 1.82) is 0 Å². The third-order valence-electron chi connectivity index (χ3n) is 8.63. The number of rotatable bonds is 38. The van der Waals surface area contributed by atoms with Crippen molar-refractivity contribution in [3.8, 4) is 0 Å². The molecular formula is C49H80O5. The average Bonchev–Trinajstić information content (AvgIpc) is 3.17. The predicted octanol–water partition coefficient (Wildman–Crippen LogP) is 14.3. The van der Waals surface area contributed by atoms with E-state index in [1.807, 2.05) is 6.08 Å². The van der Waals surface area contributed by atoms with Gasteiger partial charge in [0.25, 0.3) is 0 Å². The van der Waals surface area contributed by atoms with E-state index in [2.05, 4.69) is 112 Å². The molecule has 0 aromatic heterocycles. The molecule has 0 aliphatic rings. The topological polar surface area (TPSA) is 61.8 Å². The van der Waals surface area contributed by atoms with E-state index in [-0.39, 0.29) is 25.2 Å². The van der Waals surface area contributed by atoms with Crippen molar-refractivity contribution in [2.24, 2.45) is 0 Å². The van der Waals surface area contributed by atoms with Gasteiger partial charge < -0.3 is 14.2 Å². The molecule has 0 heterocycles. The van der Waals surface area contributed by atoms with Crippen molar-refractivity contribution in [1.82, 2.24) is 0 Å². The van der Waals surface area contributed by atoms with Crippen molar-refractivity contribution >= 4 is 11.9 Å². The third kappa shape index (κ3) is 41.6. The second-order valence-corrected chi connectivity index (χ2v) is 13.8. The molecule has 0 aliphatic heterocycles. The zero-order valence-electron chi connectivity index (χ0n) is 34.9. The molecular weight excluding hydrogens is 669 g/mol. The maximum absolute atomic E-state index is 12.7. The van der Waals surface area contributed by atoms with Crippen LogP contribution < -0.4 is 0 Å². The smallest absolute Gasteiger partial charge is 0.306 e. The van der Waals surface area contributed by atoms with Gasteiger partial charge in [-0.2, -0.15) is 0 Å². The van der Waals surface area contributed by atoms with Crippen molar-refractivity contribution in [2.45, 2.75) is 181 Å². The normalized spacial score (nSPS) is 13.2. The van der Waals surface area contributed by atoms with E-state index in [0.717, 1.165) is 96.3 Å². The molecule has 0 N–H and O–H groups in total. The Kier molecular flexibility index (Phi) is 41.6. The van der Waals surface area contributed by atoms with E-state index in [4.69, 9.17) is 14.2 Å². The van der Waals surface area contributed by atoms with Crippen molar-refractivity contribution in [3.05, 3.63) is 97.2 Å². The first-order chi connectivity index (χ1) is 26.6. The number of allylic oxidation sites excluding steroid dienone is 16. The Morgan fingerprint density at radius 2 is 0.870 bits per heavy atom. The van der Waals surface area contributed by atoms with Crippen LogP contribution in [0.15, 0.2) is 97.2 Å². The van der Waals surface area contributed by atoms with Crippen LogP contribution in [-0.4, -0.2) is 37.9 Å². The minimum absolute atomic E-state index is 0.0301. The van der Waals surface area contributed by atoms with Crippen molar-refractivity contribution in [2.75, 3.05) is 19.8 Å². The molecule has 1 atom stereocenters. The molecule has 0 spiro atoms. The molecule has 0 aromatic carbocycles. The van der Waals surface area contributed by atoms with E-state index in [0.29, 0.717) is 25.9 Å². The van der Waals surface area contributed by atoms with Gasteiger partial charge in [0.05, 0.1) is 6.61 Å². The van der Waals surface area contributed by atoms with Crippen LogP contribution >= 0.6 is 0 Å². The van der Waals surface area contributed by atoms with Crippen molar-refractivity contribution in [3.63, 3.8) is 0 Å². The van der Waals surface area contributed by atoms with Crippen molar-refractivity contribution < 1.29 is 23.8 Å². The summed E-state index contributed by atoms with van der Waals surface area (Å²) in [5.74, 6) is -0.520. The zero-order chi connectivity index (χ0) is 39.3. The number of carbonyl (C=O) groups excluding carboxylic acids is 2. The van der Waals surface area contributed by atoms with E-state index in [9.17, 15) is 9.59 Å². The summed E-state index contributed by atoms with van der Waals surface area (Å²) in [5, 5.41) is 0. The van der Waals surface area contributed by atoms with Gasteiger partial charge in [0.15, 0.2) is 6.10 Å². The largest absolute Gasteiger partial charge is 0.462 e. The van der Waals surface area contributed by atoms with Crippen LogP contribution in [0.3, 0.4) is 0 Å². The third-order valence-corrected chi connectivity index (χ3v) is 8.63. The van der Waals surface area contributed by atoms with Crippen LogP contribution in [0, 0.1) is 0 Å². The first-order valence-electron chi connectivity index (χ1n) is 21.8. The monoisotopic (exact) mass is 749 g/mol. The Labute approximate surface area is 332 Å². The number of carbonyl (C=O) groups is 2. The van der Waals surface area contributed by atoms with Crippen LogP contribution in [0.4, 0.5) is 0 Å². The molecule has 5 heteroatoms. The highest BCUT2D eigenvalue weighted by atomic mass is 16.6. The SMILES string of the molecule is CC/C=C\C/C=C\C/C=C\C/C=C\CCCCCOCC(COC(=O)CC/C=C\C/C=C\C/C=C\C/C=C\CC)OC(=O)CCCCCCCCCCC. The fourth-order valence-electron chi connectivity index (χ4n) is 5.45. The summed E-state index contributed by atoms with van der Waals surface area (Å²) in [6.07, 6.45) is 58.5. The van der Waals surface area contributed by atoms with Gasteiger partial charge in [0, 0.05) is 19.4 Å². The second kappa shape index (κ2) is 44.2. The number of ether oxygens (including phenoxy) is 3. The zero-order valence-corrected chi connectivity index (χ0v) is 34.9. The van der Waals surface area contributed by atoms with Gasteiger partial charge in [-0.05, 0) is 83.5 Å². The summed E-state index contributed by atoms with van der Waals surface area (Å²) in [4.78, 5) is 25.1. The van der Waals surface area contributed by atoms with Gasteiger partial charge in [-0.25, -0.2) is 0 Å². The fourth-order valence-corrected chi connectivity index (χ4v) is 5.45. The number of hydrogen-bond acceptors (Lipinski definition) is 5. The Bertz CT molecular complexity index is 1070. The van der Waals surface area contributed by atoms with Gasteiger partial charge >= 0.3 is 11.9 Å². The molecule has 306 valence electrons. The molecule has 5 nitrogen and oxygen atoms in total. The number of esters is 2. The van der Waals surface area contributed by atoms with Crippen LogP contribution in [-0.2, 0) is 23.8 Å². The van der Waals surface area contributed by atoms with Gasteiger partial charge in [0.2, 0.25) is 0 Å². The molecule has 0 saturated heterocycles. The summed E-state index contributed by atoms with van der Waals surface area (Å²) in [5.41, 5.74) is 0. The molecule has 0 fully saturated rings. The standard InChI is InChI=1S/C49H80O5/c1-4-7-10-13-16-19-21-23-24-25-27-29-32-35-38-41-44-52-45-47(54-49(51)43-40-37-34-30-18-15-12-9-6-3)46-53-48(50)42-39-36-33-31-28-26-22-20-17-14-11-8-5-2/h7-8,10-11,16-17,19-20,23-24,26-29,33,36,47H,4-6,9,12-15,18,21-22,25,30-32,34-35,37-46H2,1-3H3/b10-7-,11-8-,19-16-,20-17-,24-23-,28-26-,29-27-,36-33-. The van der Waals surface area contributed by atoms with E-state index in [1.54, 1.807) is 0 Å². The average molecular weight is 749 g/mol. The molecule has 0 rings (SSSR count). The predicted molar refractivity (Wildman–Crippen MR) is 233 cm³/mol. The molecule has 0 saturated carbocycles. The van der Waals surface area contributed by atoms with Gasteiger partial charge in [-0.1, -0.05) is 176 Å². The van der Waals surface area contributed by atoms with Gasteiger partial charge in [-0.3, -0.25) is 9.59 Å². The Morgan fingerprint density at radius 3 is 1.39 bits per heavy atom. The molecule has 0 aromatic rings. The summed E-state index contributed by atoms with van der Waals surface area (Å²) < 4.78 is 17.2. The quantitative estimate of drug-likeness (QED) is 0.0357. The van der Waals surface area contributed by atoms with E-state index < -0.39 is 6.10 Å². The molecule has 0 amide bonds. The van der Waals surface area contributed by atoms with Crippen LogP contribution in [0.25, 0.3) is 0 Å². The number of unbranched alkanes of at least 4 members (excludes halogenated alkanes) is 11. The highest BCUT2D eigenvalue weighted by Crippen LogP contribution is 2.12. The molecule has 0 bridgehead atoms. The summed E-state index contributed by atoms with van der Waals surface area (Å²) in [6.45, 7) is 7.41. The summed E-state index contributed by atoms with van der Waals surface area (Å²) in [7, 11) is 0. The Hall–Kier alpha value is -3.18. The lowest BCUT2D eigenvalue weighted by molar-refractivity contribution is -0.162. The maximum atomic E-state index is 12.7. The van der Waals surface area contributed by atoms with Crippen LogP contribution in [0.2, 0.25) is 0 Å². The van der Waals surface area contributed by atoms with Crippen LogP contribution in [0.1, 0.15) is 175 Å². The Morgan fingerprint density at radius 1 is 0.426 bits per heavy atom. The van der Waals surface area contributed by atoms with Gasteiger partial charge in [-0.15, -0.1) is 0 Å². The first kappa shape index (κ1) is 50.8. The lowest BCUT2D eigenvalue weighted by Gasteiger charge is -2.18. The first-order valence-corrected chi connectivity index (χ1v) is 21.8. The minimum Gasteiger partial charge on any atom is -0.462 e. The van der Waals surface area contributed by atoms with Gasteiger partial charge in [0.1, 0.15) is 6.61 Å². The molecule has 0 radical (unpaired) electrons. The lowest BCUT2D eigenvalue weighted by Crippen LogP contribution is -2.30. The Balaban J connectivity index is 4.40. The highest BCUT2D eigenvalue weighted by Gasteiger charge is 2.17. The molecule has 0 aliphatic carbocycles. The molecule has 1 unspecified atom stereocenters. The lowest BCUT2D eigenvalue weighted by atomic mass is 10.1. The fraction of sp³-hybridized carbons (Fsp3) is 0.633. The summed E-state index contributed by atoms with van der Waals surface area (Å²) in [6, 6.07) is 0. The maximum Gasteiger partial charge on any atom is 0.306 e. The van der Waals surface area contributed by atoms with E-state index >= 15 is 0 Å². The van der Waals surface area contributed by atoms with E-state index in [1.165, 1.54) is 38.5 Å². The number of hydrogen-bond donors (Lipinski definition) is 0. The second-order valence-electron chi connectivity index (χ2n) is 13.8. The highest BCUT2D eigenvalue weighted by molar-refractivity contribution is 5.70. The van der Waals surface area contributed by atoms with Crippen LogP contribution in [0.5, 0.6) is 0 Å². The molecule has 54 heavy (non-hydrogen) atoms.